The predicted octanol–water partition coefficient (Wildman–Crippen LogP) is 4.26. The fourth-order valence-corrected chi connectivity index (χ4v) is 2.64. The fourth-order valence-electron chi connectivity index (χ4n) is 2.64. The Morgan fingerprint density at radius 2 is 1.64 bits per heavy atom. The smallest absolute Gasteiger partial charge is 0.126 e. The van der Waals surface area contributed by atoms with E-state index in [-0.39, 0.29) is 0 Å². The summed E-state index contributed by atoms with van der Waals surface area (Å²) in [6.07, 6.45) is 6.49. The van der Waals surface area contributed by atoms with Crippen LogP contribution in [-0.2, 0) is 6.42 Å². The number of benzene rings is 1. The molecule has 0 amide bonds. The van der Waals surface area contributed by atoms with Crippen LogP contribution >= 0.6 is 0 Å². The molecule has 3 rings (SSSR count). The lowest BCUT2D eigenvalue weighted by Crippen LogP contribution is -1.97. The summed E-state index contributed by atoms with van der Waals surface area (Å²) in [6, 6.07) is 12.6. The quantitative estimate of drug-likeness (QED) is 0.783. The SMILES string of the molecule is CCc1cc(-c2ccccc2-c2cncc(C)c2)cnc1N. The predicted molar refractivity (Wildman–Crippen MR) is 91.4 cm³/mol. The van der Waals surface area contributed by atoms with Gasteiger partial charge in [0, 0.05) is 29.7 Å². The van der Waals surface area contributed by atoms with Crippen LogP contribution < -0.4 is 5.73 Å². The summed E-state index contributed by atoms with van der Waals surface area (Å²) in [5.74, 6) is 0.612. The van der Waals surface area contributed by atoms with E-state index >= 15 is 0 Å². The zero-order valence-electron chi connectivity index (χ0n) is 12.9. The molecule has 3 heteroatoms. The highest BCUT2D eigenvalue weighted by molar-refractivity contribution is 5.83. The second-order valence-electron chi connectivity index (χ2n) is 5.42. The van der Waals surface area contributed by atoms with Crippen molar-refractivity contribution in [3.63, 3.8) is 0 Å². The molecule has 2 heterocycles. The molecule has 0 radical (unpaired) electrons. The number of nitrogen functional groups attached to an aromatic ring is 1. The number of nitrogens with two attached hydrogens (primary N) is 1. The fraction of sp³-hybridized carbons (Fsp3) is 0.158. The third kappa shape index (κ3) is 2.70. The van der Waals surface area contributed by atoms with Crippen molar-refractivity contribution < 1.29 is 0 Å². The average Bonchev–Trinajstić information content (AvgIpc) is 2.55. The number of aryl methyl sites for hydroxylation is 2. The Bertz CT molecular complexity index is 809. The lowest BCUT2D eigenvalue weighted by atomic mass is 9.95. The Morgan fingerprint density at radius 1 is 0.955 bits per heavy atom. The van der Waals surface area contributed by atoms with Crippen molar-refractivity contribution in [1.82, 2.24) is 9.97 Å². The van der Waals surface area contributed by atoms with Gasteiger partial charge in [0.15, 0.2) is 0 Å². The number of anilines is 1. The molecule has 0 aliphatic carbocycles. The van der Waals surface area contributed by atoms with Crippen LogP contribution in [0.5, 0.6) is 0 Å². The minimum atomic E-state index is 0.612. The molecule has 0 unspecified atom stereocenters. The second kappa shape index (κ2) is 5.98. The van der Waals surface area contributed by atoms with Gasteiger partial charge in [-0.25, -0.2) is 4.98 Å². The molecule has 2 aromatic heterocycles. The molecule has 2 N–H and O–H groups in total. The lowest BCUT2D eigenvalue weighted by molar-refractivity contribution is 1.11. The summed E-state index contributed by atoms with van der Waals surface area (Å²) in [4.78, 5) is 8.65. The topological polar surface area (TPSA) is 51.8 Å². The zero-order valence-corrected chi connectivity index (χ0v) is 12.9. The largest absolute Gasteiger partial charge is 0.383 e. The monoisotopic (exact) mass is 289 g/mol. The van der Waals surface area contributed by atoms with Gasteiger partial charge in [0.1, 0.15) is 5.82 Å². The molecule has 0 fully saturated rings. The van der Waals surface area contributed by atoms with Gasteiger partial charge in [-0.15, -0.1) is 0 Å². The molecule has 0 aliphatic rings. The van der Waals surface area contributed by atoms with Gasteiger partial charge in [0.2, 0.25) is 0 Å². The van der Waals surface area contributed by atoms with Crippen LogP contribution in [0.2, 0.25) is 0 Å². The molecule has 0 spiro atoms. The van der Waals surface area contributed by atoms with Crippen LogP contribution in [0.25, 0.3) is 22.3 Å². The first kappa shape index (κ1) is 14.3. The average molecular weight is 289 g/mol. The molecule has 0 atom stereocenters. The Morgan fingerprint density at radius 3 is 2.27 bits per heavy atom. The van der Waals surface area contributed by atoms with Gasteiger partial charge >= 0.3 is 0 Å². The standard InChI is InChI=1S/C19H19N3/c1-3-14-9-16(12-22-19(14)20)18-7-5-4-6-17(18)15-8-13(2)10-21-11-15/h4-12H,3H2,1-2H3,(H2,20,22). The van der Waals surface area contributed by atoms with E-state index in [4.69, 9.17) is 5.73 Å². The molecule has 1 aromatic carbocycles. The van der Waals surface area contributed by atoms with E-state index in [0.29, 0.717) is 5.82 Å². The van der Waals surface area contributed by atoms with E-state index < -0.39 is 0 Å². The van der Waals surface area contributed by atoms with Crippen LogP contribution in [0, 0.1) is 6.92 Å². The number of pyridine rings is 2. The van der Waals surface area contributed by atoms with Gasteiger partial charge in [-0.1, -0.05) is 31.2 Å². The van der Waals surface area contributed by atoms with Crippen molar-refractivity contribution in [2.45, 2.75) is 20.3 Å². The summed E-state index contributed by atoms with van der Waals surface area (Å²) in [5, 5.41) is 0. The van der Waals surface area contributed by atoms with Crippen molar-refractivity contribution in [3.05, 3.63) is 66.1 Å². The molecule has 0 saturated heterocycles. The lowest BCUT2D eigenvalue weighted by Gasteiger charge is -2.12. The van der Waals surface area contributed by atoms with E-state index in [0.717, 1.165) is 39.8 Å². The molecular weight excluding hydrogens is 270 g/mol. The maximum absolute atomic E-state index is 5.93. The van der Waals surface area contributed by atoms with E-state index in [1.807, 2.05) is 30.7 Å². The maximum Gasteiger partial charge on any atom is 0.126 e. The molecule has 0 bridgehead atoms. The zero-order chi connectivity index (χ0) is 15.5. The highest BCUT2D eigenvalue weighted by atomic mass is 14.8. The van der Waals surface area contributed by atoms with Crippen LogP contribution in [0.3, 0.4) is 0 Å². The van der Waals surface area contributed by atoms with E-state index in [2.05, 4.69) is 48.1 Å². The maximum atomic E-state index is 5.93. The van der Waals surface area contributed by atoms with E-state index in [9.17, 15) is 0 Å². The highest BCUT2D eigenvalue weighted by Gasteiger charge is 2.09. The molecule has 22 heavy (non-hydrogen) atoms. The van der Waals surface area contributed by atoms with Gasteiger partial charge in [0.25, 0.3) is 0 Å². The molecule has 0 saturated carbocycles. The van der Waals surface area contributed by atoms with Gasteiger partial charge in [-0.2, -0.15) is 0 Å². The summed E-state index contributed by atoms with van der Waals surface area (Å²) < 4.78 is 0. The van der Waals surface area contributed by atoms with Crippen molar-refractivity contribution >= 4 is 5.82 Å². The van der Waals surface area contributed by atoms with Crippen LogP contribution in [0.1, 0.15) is 18.1 Å². The second-order valence-corrected chi connectivity index (χ2v) is 5.42. The van der Waals surface area contributed by atoms with Gasteiger partial charge < -0.3 is 5.73 Å². The van der Waals surface area contributed by atoms with E-state index in [1.165, 1.54) is 0 Å². The summed E-state index contributed by atoms with van der Waals surface area (Å²) in [7, 11) is 0. The first-order valence-electron chi connectivity index (χ1n) is 7.45. The van der Waals surface area contributed by atoms with Gasteiger partial charge in [-0.05, 0) is 47.7 Å². The van der Waals surface area contributed by atoms with E-state index in [1.54, 1.807) is 0 Å². The normalized spacial score (nSPS) is 10.6. The third-order valence-electron chi connectivity index (χ3n) is 3.81. The molecule has 3 aromatic rings. The number of hydrogen-bond donors (Lipinski definition) is 1. The van der Waals surface area contributed by atoms with Gasteiger partial charge in [-0.3, -0.25) is 4.98 Å². The number of hydrogen-bond acceptors (Lipinski definition) is 3. The summed E-state index contributed by atoms with van der Waals surface area (Å²) in [6.45, 7) is 4.15. The molecule has 110 valence electrons. The van der Waals surface area contributed by atoms with Crippen LogP contribution in [0.4, 0.5) is 5.82 Å². The molecule has 0 aliphatic heterocycles. The molecular formula is C19H19N3. The Labute approximate surface area is 130 Å². The number of aromatic nitrogens is 2. The van der Waals surface area contributed by atoms with Crippen LogP contribution in [-0.4, -0.2) is 9.97 Å². The Balaban J connectivity index is 2.16. The first-order valence-corrected chi connectivity index (χ1v) is 7.45. The van der Waals surface area contributed by atoms with Crippen molar-refractivity contribution in [2.75, 3.05) is 5.73 Å². The number of rotatable bonds is 3. The molecule has 3 nitrogen and oxygen atoms in total. The summed E-state index contributed by atoms with van der Waals surface area (Å²) >= 11 is 0. The first-order chi connectivity index (χ1) is 10.7. The van der Waals surface area contributed by atoms with Crippen LogP contribution in [0.15, 0.2) is 55.0 Å². The Kier molecular flexibility index (Phi) is 3.88. The van der Waals surface area contributed by atoms with Crippen molar-refractivity contribution in [2.24, 2.45) is 0 Å². The third-order valence-corrected chi connectivity index (χ3v) is 3.81. The highest BCUT2D eigenvalue weighted by Crippen LogP contribution is 2.32. The Hall–Kier alpha value is -2.68. The van der Waals surface area contributed by atoms with Crippen molar-refractivity contribution in [3.8, 4) is 22.3 Å². The minimum absolute atomic E-state index is 0.612. The number of nitrogens with zero attached hydrogens (tertiary/aromatic N) is 2. The minimum Gasteiger partial charge on any atom is -0.383 e. The van der Waals surface area contributed by atoms with Crippen molar-refractivity contribution in [1.29, 1.82) is 0 Å². The summed E-state index contributed by atoms with van der Waals surface area (Å²) in [5.41, 5.74) is 12.7. The van der Waals surface area contributed by atoms with Gasteiger partial charge in [0.05, 0.1) is 0 Å².